The summed E-state index contributed by atoms with van der Waals surface area (Å²) in [6.45, 7) is 3.60. The van der Waals surface area contributed by atoms with Gasteiger partial charge in [-0.2, -0.15) is 13.2 Å². The van der Waals surface area contributed by atoms with Crippen LogP contribution in [-0.4, -0.2) is 54.8 Å². The lowest BCUT2D eigenvalue weighted by Gasteiger charge is -2.38. The maximum Gasteiger partial charge on any atom is 0.416 e. The predicted molar refractivity (Wildman–Crippen MR) is 158 cm³/mol. The van der Waals surface area contributed by atoms with Crippen molar-refractivity contribution >= 4 is 11.8 Å². The van der Waals surface area contributed by atoms with Gasteiger partial charge < -0.3 is 10.1 Å². The zero-order valence-electron chi connectivity index (χ0n) is 24.2. The Balaban J connectivity index is 1.42. The summed E-state index contributed by atoms with van der Waals surface area (Å²) >= 11 is 0. The van der Waals surface area contributed by atoms with Gasteiger partial charge in [-0.25, -0.2) is 4.79 Å². The number of esters is 1. The number of nitrogens with one attached hydrogen (secondary N) is 1. The largest absolute Gasteiger partial charge is 0.461 e. The second-order valence-electron chi connectivity index (χ2n) is 11.0. The lowest BCUT2D eigenvalue weighted by atomic mass is 9.76. The van der Waals surface area contributed by atoms with Crippen molar-refractivity contribution in [3.05, 3.63) is 130 Å². The van der Waals surface area contributed by atoms with Crippen LogP contribution in [0.15, 0.2) is 107 Å². The molecular formula is C34H34F3N3O3. The zero-order valence-corrected chi connectivity index (χ0v) is 24.2. The van der Waals surface area contributed by atoms with Crippen molar-refractivity contribution in [1.82, 2.24) is 15.1 Å². The summed E-state index contributed by atoms with van der Waals surface area (Å²) in [5.74, 6) is -2.28. The molecule has 0 bridgehead atoms. The number of carbonyl (C=O) groups is 2. The molecule has 6 nitrogen and oxygen atoms in total. The lowest BCUT2D eigenvalue weighted by Crippen LogP contribution is -2.45. The molecule has 2 aliphatic rings. The number of alkyl halides is 3. The minimum absolute atomic E-state index is 0.0195. The quantitative estimate of drug-likeness (QED) is 0.324. The standard InChI is InChI=1S/C34H34F3N3O3/c1-23-30(33(42)43-18-17-39(2)19-24-11-5-3-6-12-24)31(26-15-9-10-16-27(26)34(35,36)37)32-28(38-23)21-40(22-29(32)41)20-25-13-7-4-8-14-25/h3-16,31,38H,17-22H2,1-2H3. The van der Waals surface area contributed by atoms with E-state index in [0.717, 1.165) is 17.2 Å². The number of Topliss-reactive ketones (excluding diaryl/α,β-unsaturated/α-hetero) is 1. The van der Waals surface area contributed by atoms with E-state index in [2.05, 4.69) is 5.32 Å². The third kappa shape index (κ3) is 7.06. The van der Waals surface area contributed by atoms with E-state index in [1.165, 1.54) is 18.2 Å². The molecular weight excluding hydrogens is 555 g/mol. The van der Waals surface area contributed by atoms with Crippen molar-refractivity contribution in [3.8, 4) is 0 Å². The number of benzene rings is 3. The molecule has 0 saturated carbocycles. The van der Waals surface area contributed by atoms with Crippen LogP contribution in [0.25, 0.3) is 0 Å². The number of rotatable bonds is 9. The van der Waals surface area contributed by atoms with Crippen LogP contribution >= 0.6 is 0 Å². The van der Waals surface area contributed by atoms with Gasteiger partial charge in [-0.05, 0) is 36.7 Å². The van der Waals surface area contributed by atoms with Crippen molar-refractivity contribution in [2.24, 2.45) is 0 Å². The molecule has 3 aromatic rings. The van der Waals surface area contributed by atoms with E-state index in [-0.39, 0.29) is 35.6 Å². The van der Waals surface area contributed by atoms with Gasteiger partial charge in [0, 0.05) is 49.1 Å². The molecule has 0 saturated heterocycles. The number of hydrogen-bond acceptors (Lipinski definition) is 6. The number of hydrogen-bond donors (Lipinski definition) is 1. The van der Waals surface area contributed by atoms with Gasteiger partial charge in [0.1, 0.15) is 6.61 Å². The number of halogens is 3. The molecule has 43 heavy (non-hydrogen) atoms. The van der Waals surface area contributed by atoms with Gasteiger partial charge in [0.25, 0.3) is 0 Å². The maximum atomic E-state index is 14.3. The second kappa shape index (κ2) is 13.0. The Morgan fingerprint density at radius 2 is 1.58 bits per heavy atom. The smallest absolute Gasteiger partial charge is 0.416 e. The SMILES string of the molecule is CC1=C(C(=O)OCCN(C)Cc2ccccc2)C(c2ccccc2C(F)(F)F)C2=C(CN(Cc3ccccc3)CC2=O)N1. The third-order valence-corrected chi connectivity index (χ3v) is 7.74. The molecule has 2 aliphatic heterocycles. The van der Waals surface area contributed by atoms with Crippen LogP contribution in [0.5, 0.6) is 0 Å². The number of carbonyl (C=O) groups excluding carboxylic acids is 2. The van der Waals surface area contributed by atoms with Gasteiger partial charge in [0.15, 0.2) is 5.78 Å². The van der Waals surface area contributed by atoms with Crippen LogP contribution in [0.2, 0.25) is 0 Å². The molecule has 2 heterocycles. The Bertz CT molecular complexity index is 1530. The summed E-state index contributed by atoms with van der Waals surface area (Å²) in [4.78, 5) is 31.3. The fraction of sp³-hybridized carbons (Fsp3) is 0.294. The Morgan fingerprint density at radius 1 is 0.953 bits per heavy atom. The summed E-state index contributed by atoms with van der Waals surface area (Å²) in [6, 6.07) is 24.6. The van der Waals surface area contributed by atoms with Crippen LogP contribution in [0.3, 0.4) is 0 Å². The van der Waals surface area contributed by atoms with E-state index >= 15 is 0 Å². The molecule has 224 valence electrons. The molecule has 1 unspecified atom stereocenters. The van der Waals surface area contributed by atoms with Gasteiger partial charge in [0.05, 0.1) is 17.7 Å². The highest BCUT2D eigenvalue weighted by Crippen LogP contribution is 2.45. The molecule has 0 radical (unpaired) electrons. The maximum absolute atomic E-state index is 14.3. The molecule has 0 aliphatic carbocycles. The first-order chi connectivity index (χ1) is 20.6. The first-order valence-corrected chi connectivity index (χ1v) is 14.2. The second-order valence-corrected chi connectivity index (χ2v) is 11.0. The first kappa shape index (κ1) is 30.3. The molecule has 0 fully saturated rings. The topological polar surface area (TPSA) is 61.9 Å². The summed E-state index contributed by atoms with van der Waals surface area (Å²) in [5.41, 5.74) is 2.18. The average Bonchev–Trinajstić information content (AvgIpc) is 2.97. The van der Waals surface area contributed by atoms with E-state index in [4.69, 9.17) is 4.74 Å². The summed E-state index contributed by atoms with van der Waals surface area (Å²) in [5, 5.41) is 3.19. The van der Waals surface area contributed by atoms with Crippen LogP contribution in [0, 0.1) is 0 Å². The minimum atomic E-state index is -4.68. The molecule has 3 aromatic carbocycles. The van der Waals surface area contributed by atoms with Gasteiger partial charge in [-0.1, -0.05) is 78.9 Å². The fourth-order valence-electron chi connectivity index (χ4n) is 5.81. The highest BCUT2D eigenvalue weighted by atomic mass is 19.4. The van der Waals surface area contributed by atoms with E-state index in [9.17, 15) is 22.8 Å². The molecule has 0 amide bonds. The monoisotopic (exact) mass is 589 g/mol. The highest BCUT2D eigenvalue weighted by Gasteiger charge is 2.44. The van der Waals surface area contributed by atoms with Gasteiger partial charge in [-0.3, -0.25) is 14.6 Å². The highest BCUT2D eigenvalue weighted by molar-refractivity contribution is 6.05. The number of ether oxygens (including phenoxy) is 1. The van der Waals surface area contributed by atoms with Crippen LogP contribution in [0.4, 0.5) is 13.2 Å². The number of ketones is 1. The number of allylic oxidation sites excluding steroid dienone is 1. The van der Waals surface area contributed by atoms with Gasteiger partial charge >= 0.3 is 12.1 Å². The lowest BCUT2D eigenvalue weighted by molar-refractivity contribution is -0.141. The van der Waals surface area contributed by atoms with Crippen LogP contribution in [-0.2, 0) is 33.6 Å². The van der Waals surface area contributed by atoms with Gasteiger partial charge in [-0.15, -0.1) is 0 Å². The molecule has 0 aromatic heterocycles. The molecule has 9 heteroatoms. The van der Waals surface area contributed by atoms with Crippen molar-refractivity contribution in [3.63, 3.8) is 0 Å². The predicted octanol–water partition coefficient (Wildman–Crippen LogP) is 5.68. The number of nitrogens with zero attached hydrogens (tertiary/aromatic N) is 2. The Labute approximate surface area is 249 Å². The fourth-order valence-corrected chi connectivity index (χ4v) is 5.81. The normalized spacial score (nSPS) is 17.6. The Hall–Kier alpha value is -4.21. The van der Waals surface area contributed by atoms with Crippen molar-refractivity contribution in [2.45, 2.75) is 32.1 Å². The number of likely N-dealkylation sites (N-methyl/N-ethyl adjacent to an activating group) is 1. The van der Waals surface area contributed by atoms with E-state index in [0.29, 0.717) is 37.6 Å². The Kier molecular flexibility index (Phi) is 9.13. The van der Waals surface area contributed by atoms with Gasteiger partial charge in [0.2, 0.25) is 0 Å². The molecule has 1 N–H and O–H groups in total. The van der Waals surface area contributed by atoms with E-state index in [1.807, 2.05) is 77.5 Å². The third-order valence-electron chi connectivity index (χ3n) is 7.74. The Morgan fingerprint density at radius 3 is 2.26 bits per heavy atom. The summed E-state index contributed by atoms with van der Waals surface area (Å²) in [6.07, 6.45) is -4.68. The number of dihydropyridines is 1. The van der Waals surface area contributed by atoms with Crippen LogP contribution in [0.1, 0.15) is 35.1 Å². The molecule has 0 spiro atoms. The summed E-state index contributed by atoms with van der Waals surface area (Å²) < 4.78 is 48.4. The minimum Gasteiger partial charge on any atom is -0.461 e. The average molecular weight is 590 g/mol. The van der Waals surface area contributed by atoms with Crippen molar-refractivity contribution in [1.29, 1.82) is 0 Å². The van der Waals surface area contributed by atoms with Crippen molar-refractivity contribution in [2.75, 3.05) is 33.3 Å². The first-order valence-electron chi connectivity index (χ1n) is 14.2. The van der Waals surface area contributed by atoms with E-state index < -0.39 is 23.6 Å². The molecule has 1 atom stereocenters. The summed E-state index contributed by atoms with van der Waals surface area (Å²) in [7, 11) is 1.90. The van der Waals surface area contributed by atoms with Crippen LogP contribution < -0.4 is 5.32 Å². The molecule has 5 rings (SSSR count). The van der Waals surface area contributed by atoms with E-state index in [1.54, 1.807) is 6.92 Å². The zero-order chi connectivity index (χ0) is 30.6. The van der Waals surface area contributed by atoms with Crippen molar-refractivity contribution < 1.29 is 27.5 Å².